The number of benzene rings is 1. The zero-order chi connectivity index (χ0) is 22.3. The third kappa shape index (κ3) is 5.15. The molecular formula is C22H23N5O5. The van der Waals surface area contributed by atoms with Crippen LogP contribution < -0.4 is 5.32 Å². The van der Waals surface area contributed by atoms with Crippen molar-refractivity contribution in [3.05, 3.63) is 88.3 Å². The van der Waals surface area contributed by atoms with Crippen molar-refractivity contribution >= 4 is 17.6 Å². The molecule has 1 saturated heterocycles. The highest BCUT2D eigenvalue weighted by Crippen LogP contribution is 2.14. The summed E-state index contributed by atoms with van der Waals surface area (Å²) in [6.45, 7) is 3.13. The van der Waals surface area contributed by atoms with E-state index in [1.165, 1.54) is 18.4 Å². The van der Waals surface area contributed by atoms with E-state index in [4.69, 9.17) is 13.8 Å². The highest BCUT2D eigenvalue weighted by atomic mass is 16.6. The molecule has 1 fully saturated rings. The van der Waals surface area contributed by atoms with Gasteiger partial charge in [-0.2, -0.15) is 0 Å². The number of rotatable bonds is 6. The Hall–Kier alpha value is -4.08. The second kappa shape index (κ2) is 9.82. The molecule has 0 atom stereocenters. The van der Waals surface area contributed by atoms with E-state index in [1.54, 1.807) is 35.4 Å². The quantitative estimate of drug-likeness (QED) is 0.273. The van der Waals surface area contributed by atoms with Gasteiger partial charge in [0.15, 0.2) is 11.7 Å². The summed E-state index contributed by atoms with van der Waals surface area (Å²) in [4.78, 5) is 31.5. The normalized spacial score (nSPS) is 14.4. The Morgan fingerprint density at radius 2 is 1.69 bits per heavy atom. The number of hydrogen-bond donors (Lipinski definition) is 1. The van der Waals surface area contributed by atoms with Crippen molar-refractivity contribution in [3.8, 4) is 0 Å². The molecule has 166 valence electrons. The number of non-ortho nitro benzene ring substituents is 1. The van der Waals surface area contributed by atoms with Crippen LogP contribution in [0.3, 0.4) is 0 Å². The average Bonchev–Trinajstić information content (AvgIpc) is 3.54. The van der Waals surface area contributed by atoms with Gasteiger partial charge in [0.1, 0.15) is 5.76 Å². The third-order valence-corrected chi connectivity index (χ3v) is 5.16. The number of hydrogen-bond acceptors (Lipinski definition) is 6. The summed E-state index contributed by atoms with van der Waals surface area (Å²) in [5.41, 5.74) is 0.908. The molecule has 3 heterocycles. The molecule has 0 unspecified atom stereocenters. The number of furan rings is 2. The van der Waals surface area contributed by atoms with Crippen LogP contribution in [0.15, 0.2) is 74.9 Å². The molecule has 1 aliphatic rings. The standard InChI is InChI=1S/C22H23N5O5/c28-21(20-4-2-14-32-20)25-9-11-26(12-10-25)22(24-16-19-3-1-13-31-19)23-15-17-5-7-18(8-6-17)27(29)30/h1-8,13-14H,9-12,15-16H2,(H,23,24). The van der Waals surface area contributed by atoms with Gasteiger partial charge < -0.3 is 24.0 Å². The zero-order valence-electron chi connectivity index (χ0n) is 17.3. The van der Waals surface area contributed by atoms with Crippen LogP contribution in [0.4, 0.5) is 5.69 Å². The van der Waals surface area contributed by atoms with Gasteiger partial charge in [-0.3, -0.25) is 14.9 Å². The topological polar surface area (TPSA) is 117 Å². The number of guanidine groups is 1. The number of aliphatic imine (C=N–C) groups is 1. The molecule has 1 amide bonds. The van der Waals surface area contributed by atoms with E-state index in [0.717, 1.165) is 11.3 Å². The van der Waals surface area contributed by atoms with Gasteiger partial charge in [0, 0.05) is 38.3 Å². The molecule has 3 aromatic rings. The molecule has 1 N–H and O–H groups in total. The summed E-state index contributed by atoms with van der Waals surface area (Å²) in [6.07, 6.45) is 3.11. The lowest BCUT2D eigenvalue weighted by molar-refractivity contribution is -0.384. The van der Waals surface area contributed by atoms with Gasteiger partial charge in [-0.25, -0.2) is 4.99 Å². The van der Waals surface area contributed by atoms with Crippen molar-refractivity contribution in [1.82, 2.24) is 15.1 Å². The molecule has 0 spiro atoms. The maximum absolute atomic E-state index is 12.5. The molecule has 1 aromatic carbocycles. The van der Waals surface area contributed by atoms with E-state index < -0.39 is 4.92 Å². The lowest BCUT2D eigenvalue weighted by Gasteiger charge is -2.36. The predicted octanol–water partition coefficient (Wildman–Crippen LogP) is 2.88. The fourth-order valence-electron chi connectivity index (χ4n) is 3.41. The number of nitro benzene ring substituents is 1. The number of carbonyl (C=O) groups is 1. The number of carbonyl (C=O) groups excluding carboxylic acids is 1. The van der Waals surface area contributed by atoms with E-state index in [1.807, 2.05) is 12.1 Å². The summed E-state index contributed by atoms with van der Waals surface area (Å²) in [7, 11) is 0. The summed E-state index contributed by atoms with van der Waals surface area (Å²) in [5.74, 6) is 1.67. The Bertz CT molecular complexity index is 1050. The van der Waals surface area contributed by atoms with Crippen molar-refractivity contribution in [2.24, 2.45) is 4.99 Å². The number of nitrogens with one attached hydrogen (secondary N) is 1. The minimum atomic E-state index is -0.424. The summed E-state index contributed by atoms with van der Waals surface area (Å²) >= 11 is 0. The maximum Gasteiger partial charge on any atom is 0.289 e. The van der Waals surface area contributed by atoms with E-state index >= 15 is 0 Å². The second-order valence-electron chi connectivity index (χ2n) is 7.25. The van der Waals surface area contributed by atoms with Crippen LogP contribution in [0.1, 0.15) is 21.9 Å². The van der Waals surface area contributed by atoms with Gasteiger partial charge in [-0.15, -0.1) is 0 Å². The smallest absolute Gasteiger partial charge is 0.289 e. The molecular weight excluding hydrogens is 414 g/mol. The Balaban J connectivity index is 1.42. The van der Waals surface area contributed by atoms with Crippen LogP contribution in [0.2, 0.25) is 0 Å². The van der Waals surface area contributed by atoms with Gasteiger partial charge in [0.05, 0.1) is 30.5 Å². The molecule has 2 aromatic heterocycles. The minimum Gasteiger partial charge on any atom is -0.467 e. The van der Waals surface area contributed by atoms with Crippen molar-refractivity contribution < 1.29 is 18.6 Å². The Labute approximate surface area is 184 Å². The number of amides is 1. The highest BCUT2D eigenvalue weighted by Gasteiger charge is 2.25. The largest absolute Gasteiger partial charge is 0.467 e. The van der Waals surface area contributed by atoms with E-state index in [9.17, 15) is 14.9 Å². The van der Waals surface area contributed by atoms with Gasteiger partial charge in [0.2, 0.25) is 0 Å². The van der Waals surface area contributed by atoms with Crippen LogP contribution in [0.25, 0.3) is 0 Å². The molecule has 4 rings (SSSR count). The maximum atomic E-state index is 12.5. The Kier molecular flexibility index (Phi) is 6.49. The molecule has 1 aliphatic heterocycles. The van der Waals surface area contributed by atoms with E-state index in [2.05, 4.69) is 10.2 Å². The second-order valence-corrected chi connectivity index (χ2v) is 7.25. The molecule has 0 bridgehead atoms. The van der Waals surface area contributed by atoms with Crippen molar-refractivity contribution in [3.63, 3.8) is 0 Å². The van der Waals surface area contributed by atoms with Crippen LogP contribution in [-0.4, -0.2) is 52.8 Å². The summed E-state index contributed by atoms with van der Waals surface area (Å²) in [6, 6.07) is 13.4. The Morgan fingerprint density at radius 1 is 1.00 bits per heavy atom. The van der Waals surface area contributed by atoms with Crippen LogP contribution >= 0.6 is 0 Å². The van der Waals surface area contributed by atoms with Crippen molar-refractivity contribution in [2.75, 3.05) is 26.2 Å². The lowest BCUT2D eigenvalue weighted by Crippen LogP contribution is -2.53. The van der Waals surface area contributed by atoms with Gasteiger partial charge in [0.25, 0.3) is 11.6 Å². The average molecular weight is 437 g/mol. The predicted molar refractivity (Wildman–Crippen MR) is 116 cm³/mol. The molecule has 10 nitrogen and oxygen atoms in total. The molecule has 32 heavy (non-hydrogen) atoms. The molecule has 0 aliphatic carbocycles. The molecule has 10 heteroatoms. The number of nitrogens with zero attached hydrogens (tertiary/aromatic N) is 4. The first kappa shape index (κ1) is 21.2. The summed E-state index contributed by atoms with van der Waals surface area (Å²) < 4.78 is 10.6. The zero-order valence-corrected chi connectivity index (χ0v) is 17.3. The van der Waals surface area contributed by atoms with E-state index in [-0.39, 0.29) is 11.6 Å². The number of piperazine rings is 1. The van der Waals surface area contributed by atoms with Crippen LogP contribution in [0, 0.1) is 10.1 Å². The van der Waals surface area contributed by atoms with Crippen molar-refractivity contribution in [1.29, 1.82) is 0 Å². The fourth-order valence-corrected chi connectivity index (χ4v) is 3.41. The third-order valence-electron chi connectivity index (χ3n) is 5.16. The highest BCUT2D eigenvalue weighted by molar-refractivity contribution is 5.91. The minimum absolute atomic E-state index is 0.0474. The molecule has 0 saturated carbocycles. The van der Waals surface area contributed by atoms with E-state index in [0.29, 0.717) is 51.0 Å². The van der Waals surface area contributed by atoms with Crippen molar-refractivity contribution in [2.45, 2.75) is 13.1 Å². The monoisotopic (exact) mass is 437 g/mol. The van der Waals surface area contributed by atoms with Gasteiger partial charge in [-0.05, 0) is 29.8 Å². The van der Waals surface area contributed by atoms with Crippen LogP contribution in [0.5, 0.6) is 0 Å². The first-order chi connectivity index (χ1) is 15.6. The molecule has 0 radical (unpaired) electrons. The number of nitro groups is 1. The first-order valence-corrected chi connectivity index (χ1v) is 10.2. The summed E-state index contributed by atoms with van der Waals surface area (Å²) in [5, 5.41) is 14.2. The SMILES string of the molecule is O=C(c1ccco1)N1CCN(C(=NCc2ccc([N+](=O)[O-])cc2)NCc2ccco2)CC1. The lowest BCUT2D eigenvalue weighted by atomic mass is 10.2. The van der Waals surface area contributed by atoms with Gasteiger partial charge >= 0.3 is 0 Å². The fraction of sp³-hybridized carbons (Fsp3) is 0.273. The van der Waals surface area contributed by atoms with Crippen LogP contribution in [-0.2, 0) is 13.1 Å². The Morgan fingerprint density at radius 3 is 2.31 bits per heavy atom. The first-order valence-electron chi connectivity index (χ1n) is 10.2. The van der Waals surface area contributed by atoms with Gasteiger partial charge in [-0.1, -0.05) is 12.1 Å².